The zero-order valence-electron chi connectivity index (χ0n) is 16.4. The van der Waals surface area contributed by atoms with E-state index in [-0.39, 0.29) is 17.5 Å². The van der Waals surface area contributed by atoms with Gasteiger partial charge in [-0.1, -0.05) is 55.4 Å². The number of aliphatic hydroxyl groups is 1. The van der Waals surface area contributed by atoms with Crippen molar-refractivity contribution >= 4 is 5.97 Å². The minimum Gasteiger partial charge on any atom is -0.463 e. The summed E-state index contributed by atoms with van der Waals surface area (Å²) < 4.78 is 4.88. The Morgan fingerprint density at radius 2 is 1.96 bits per heavy atom. The number of rotatable bonds is 6. The van der Waals surface area contributed by atoms with Crippen LogP contribution in [0.5, 0.6) is 0 Å². The molecule has 0 saturated carbocycles. The summed E-state index contributed by atoms with van der Waals surface area (Å²) >= 11 is 0. The van der Waals surface area contributed by atoms with Gasteiger partial charge in [-0.15, -0.1) is 0 Å². The molecule has 3 heteroatoms. The number of esters is 1. The molecule has 3 nitrogen and oxygen atoms in total. The van der Waals surface area contributed by atoms with Crippen LogP contribution in [-0.4, -0.2) is 23.8 Å². The molecule has 0 fully saturated rings. The van der Waals surface area contributed by atoms with Crippen LogP contribution in [0.15, 0.2) is 58.7 Å². The summed E-state index contributed by atoms with van der Waals surface area (Å²) in [6.45, 7) is 12.6. The molecule has 0 bridgehead atoms. The van der Waals surface area contributed by atoms with E-state index in [4.69, 9.17) is 4.74 Å². The molecule has 1 aliphatic rings. The third-order valence-electron chi connectivity index (χ3n) is 4.34. The van der Waals surface area contributed by atoms with Crippen molar-refractivity contribution < 1.29 is 14.6 Å². The van der Waals surface area contributed by atoms with Gasteiger partial charge in [-0.2, -0.15) is 0 Å². The van der Waals surface area contributed by atoms with Gasteiger partial charge in [-0.05, 0) is 57.1 Å². The van der Waals surface area contributed by atoms with Gasteiger partial charge < -0.3 is 9.84 Å². The summed E-state index contributed by atoms with van der Waals surface area (Å²) in [5.74, 6) is -0.311. The zero-order chi connectivity index (χ0) is 19.0. The number of carbonyl (C=O) groups is 1. The van der Waals surface area contributed by atoms with Crippen molar-refractivity contribution in [2.75, 3.05) is 6.61 Å². The molecule has 1 aliphatic carbocycles. The molecule has 25 heavy (non-hydrogen) atoms. The average Bonchev–Trinajstić information content (AvgIpc) is 2.45. The molecular weight excluding hydrogens is 312 g/mol. The molecule has 0 aromatic heterocycles. The number of ether oxygens (including phenoxy) is 1. The molecule has 0 aromatic rings. The van der Waals surface area contributed by atoms with Crippen LogP contribution < -0.4 is 0 Å². The lowest BCUT2D eigenvalue weighted by Gasteiger charge is -2.35. The molecule has 0 radical (unpaired) electrons. The number of hydrogen-bond donors (Lipinski definition) is 1. The number of allylic oxidation sites excluding steroid dienone is 8. The Kier molecular flexibility index (Phi) is 8.11. The van der Waals surface area contributed by atoms with Gasteiger partial charge in [-0.25, -0.2) is 4.79 Å². The van der Waals surface area contributed by atoms with Gasteiger partial charge in [0.25, 0.3) is 0 Å². The molecule has 0 unspecified atom stereocenters. The minimum atomic E-state index is -0.311. The van der Waals surface area contributed by atoms with Crippen LogP contribution in [-0.2, 0) is 9.53 Å². The molecule has 1 N–H and O–H groups in total. The number of aliphatic hydroxyl groups excluding tert-OH is 1. The number of hydrogen-bond acceptors (Lipinski definition) is 3. The highest BCUT2D eigenvalue weighted by Crippen LogP contribution is 2.40. The highest BCUT2D eigenvalue weighted by molar-refractivity contribution is 5.83. The quantitative estimate of drug-likeness (QED) is 0.416. The van der Waals surface area contributed by atoms with Crippen LogP contribution in [0, 0.1) is 5.41 Å². The van der Waals surface area contributed by atoms with E-state index < -0.39 is 0 Å². The minimum absolute atomic E-state index is 0.00661. The van der Waals surface area contributed by atoms with Crippen LogP contribution in [0.3, 0.4) is 0 Å². The molecular formula is C22H32O3. The van der Waals surface area contributed by atoms with Crippen molar-refractivity contribution in [2.45, 2.75) is 60.5 Å². The van der Waals surface area contributed by atoms with Gasteiger partial charge in [0.2, 0.25) is 0 Å². The van der Waals surface area contributed by atoms with Crippen molar-refractivity contribution in [1.29, 1.82) is 0 Å². The lowest BCUT2D eigenvalue weighted by molar-refractivity contribution is -0.137. The summed E-state index contributed by atoms with van der Waals surface area (Å²) in [5, 5.41) is 9.96. The van der Waals surface area contributed by atoms with Gasteiger partial charge in [0.15, 0.2) is 0 Å². The predicted molar refractivity (Wildman–Crippen MR) is 104 cm³/mol. The Morgan fingerprint density at radius 3 is 2.56 bits per heavy atom. The van der Waals surface area contributed by atoms with Gasteiger partial charge in [0, 0.05) is 6.08 Å². The first-order valence-electron chi connectivity index (χ1n) is 8.92. The molecule has 0 heterocycles. The van der Waals surface area contributed by atoms with Gasteiger partial charge >= 0.3 is 5.97 Å². The Labute approximate surface area is 152 Å². The first kappa shape index (κ1) is 21.2. The molecule has 0 aromatic carbocycles. The monoisotopic (exact) mass is 344 g/mol. The van der Waals surface area contributed by atoms with Crippen LogP contribution >= 0.6 is 0 Å². The topological polar surface area (TPSA) is 46.5 Å². The fourth-order valence-corrected chi connectivity index (χ4v) is 3.22. The Balaban J connectivity index is 2.78. The van der Waals surface area contributed by atoms with E-state index in [9.17, 15) is 9.90 Å². The summed E-state index contributed by atoms with van der Waals surface area (Å²) in [7, 11) is 0. The Morgan fingerprint density at radius 1 is 1.28 bits per heavy atom. The lowest BCUT2D eigenvalue weighted by Crippen LogP contribution is -2.28. The molecule has 138 valence electrons. The third-order valence-corrected chi connectivity index (χ3v) is 4.34. The second-order valence-electron chi connectivity index (χ2n) is 7.38. The lowest BCUT2D eigenvalue weighted by atomic mass is 9.71. The van der Waals surface area contributed by atoms with Crippen LogP contribution in [0.1, 0.15) is 54.4 Å². The van der Waals surface area contributed by atoms with E-state index >= 15 is 0 Å². The van der Waals surface area contributed by atoms with E-state index in [1.807, 2.05) is 32.1 Å². The van der Waals surface area contributed by atoms with Crippen LogP contribution in [0.2, 0.25) is 0 Å². The van der Waals surface area contributed by atoms with Crippen LogP contribution in [0.4, 0.5) is 0 Å². The third kappa shape index (κ3) is 7.27. The molecule has 0 saturated heterocycles. The maximum Gasteiger partial charge on any atom is 0.330 e. The van der Waals surface area contributed by atoms with Crippen LogP contribution in [0.25, 0.3) is 0 Å². The van der Waals surface area contributed by atoms with Crippen molar-refractivity contribution in [3.8, 4) is 0 Å². The Hall–Kier alpha value is -1.87. The predicted octanol–water partition coefficient (Wildman–Crippen LogP) is 5.05. The van der Waals surface area contributed by atoms with Gasteiger partial charge in [-0.3, -0.25) is 0 Å². The summed E-state index contributed by atoms with van der Waals surface area (Å²) in [6.07, 6.45) is 12.9. The normalized spacial score (nSPS) is 22.1. The van der Waals surface area contributed by atoms with E-state index in [1.54, 1.807) is 6.92 Å². The van der Waals surface area contributed by atoms with Crippen molar-refractivity contribution in [3.63, 3.8) is 0 Å². The van der Waals surface area contributed by atoms with Crippen molar-refractivity contribution in [2.24, 2.45) is 5.41 Å². The zero-order valence-corrected chi connectivity index (χ0v) is 16.4. The highest BCUT2D eigenvalue weighted by atomic mass is 16.5. The second kappa shape index (κ2) is 9.57. The van der Waals surface area contributed by atoms with E-state index in [0.29, 0.717) is 6.61 Å². The molecule has 0 amide bonds. The maximum atomic E-state index is 11.4. The molecule has 0 spiro atoms. The molecule has 1 atom stereocenters. The Bertz CT molecular complexity index is 628. The highest BCUT2D eigenvalue weighted by Gasteiger charge is 2.31. The van der Waals surface area contributed by atoms with Crippen molar-refractivity contribution in [1.82, 2.24) is 0 Å². The van der Waals surface area contributed by atoms with Crippen molar-refractivity contribution in [3.05, 3.63) is 58.7 Å². The smallest absolute Gasteiger partial charge is 0.330 e. The SMILES string of the molecule is CCOC(=O)\C=C(C)/C=C/C=C(C)/C=C/C1=C(C)C[C@@H](O)CC1(C)C. The largest absolute Gasteiger partial charge is 0.463 e. The number of carbonyl (C=O) groups excluding carboxylic acids is 1. The second-order valence-corrected chi connectivity index (χ2v) is 7.38. The average molecular weight is 344 g/mol. The summed E-state index contributed by atoms with van der Waals surface area (Å²) in [5.41, 5.74) is 4.55. The van der Waals surface area contributed by atoms with Gasteiger partial charge in [0.1, 0.15) is 0 Å². The van der Waals surface area contributed by atoms with E-state index in [0.717, 1.165) is 24.0 Å². The van der Waals surface area contributed by atoms with Gasteiger partial charge in [0.05, 0.1) is 12.7 Å². The van der Waals surface area contributed by atoms with E-state index in [1.165, 1.54) is 17.2 Å². The molecule has 1 rings (SSSR count). The summed E-state index contributed by atoms with van der Waals surface area (Å²) in [6, 6.07) is 0. The summed E-state index contributed by atoms with van der Waals surface area (Å²) in [4.78, 5) is 11.4. The van der Waals surface area contributed by atoms with E-state index in [2.05, 4.69) is 32.9 Å². The standard InChI is InChI=1S/C22H32O3/c1-7-25-21(24)13-17(3)10-8-9-16(2)11-12-20-18(4)14-19(23)15-22(20,5)6/h8-13,19,23H,7,14-15H2,1-6H3/b10-8+,12-11+,16-9+,17-13-/t19-/m1/s1. The fraction of sp³-hybridized carbons (Fsp3) is 0.500. The first-order valence-corrected chi connectivity index (χ1v) is 8.92. The first-order chi connectivity index (χ1) is 11.7. The maximum absolute atomic E-state index is 11.4. The fourth-order valence-electron chi connectivity index (χ4n) is 3.22. The molecule has 0 aliphatic heterocycles.